The summed E-state index contributed by atoms with van der Waals surface area (Å²) in [6.45, 7) is 0.160. The molecule has 13 heavy (non-hydrogen) atoms. The van der Waals surface area contributed by atoms with Gasteiger partial charge < -0.3 is 10.5 Å². The Kier molecular flexibility index (Phi) is 4.66. The average Bonchev–Trinajstić information content (AvgIpc) is 2.09. The summed E-state index contributed by atoms with van der Waals surface area (Å²) in [5, 5.41) is 0. The molecule has 0 fully saturated rings. The van der Waals surface area contributed by atoms with Crippen LogP contribution in [0.5, 0.6) is 5.75 Å². The second-order valence-corrected chi connectivity index (χ2v) is 2.30. The Bertz CT molecular complexity index is 294. The first kappa shape index (κ1) is 12.1. The third-order valence-corrected chi connectivity index (χ3v) is 1.51. The van der Waals surface area contributed by atoms with E-state index in [0.717, 1.165) is 6.07 Å². The van der Waals surface area contributed by atoms with Crippen molar-refractivity contribution in [3.05, 3.63) is 29.3 Å². The van der Waals surface area contributed by atoms with E-state index in [1.165, 1.54) is 13.2 Å². The highest BCUT2D eigenvalue weighted by molar-refractivity contribution is 5.85. The lowest BCUT2D eigenvalue weighted by molar-refractivity contribution is 0.371. The van der Waals surface area contributed by atoms with Crippen molar-refractivity contribution in [3.63, 3.8) is 0 Å². The molecule has 5 heteroatoms. The van der Waals surface area contributed by atoms with Crippen LogP contribution in [0.4, 0.5) is 8.78 Å². The van der Waals surface area contributed by atoms with Crippen molar-refractivity contribution in [1.82, 2.24) is 0 Å². The molecular weight excluding hydrogens is 200 g/mol. The van der Waals surface area contributed by atoms with Crippen LogP contribution in [0, 0.1) is 11.6 Å². The third kappa shape index (κ3) is 2.54. The van der Waals surface area contributed by atoms with E-state index in [0.29, 0.717) is 5.56 Å². The summed E-state index contributed by atoms with van der Waals surface area (Å²) < 4.78 is 30.1. The monoisotopic (exact) mass is 209 g/mol. The molecule has 0 amide bonds. The van der Waals surface area contributed by atoms with Crippen molar-refractivity contribution < 1.29 is 13.5 Å². The summed E-state index contributed by atoms with van der Waals surface area (Å²) in [6, 6.07) is 2.43. The molecule has 2 N–H and O–H groups in total. The van der Waals surface area contributed by atoms with Gasteiger partial charge in [0.05, 0.1) is 7.11 Å². The predicted octanol–water partition coefficient (Wildman–Crippen LogP) is 1.85. The smallest absolute Gasteiger partial charge is 0.200 e. The second kappa shape index (κ2) is 4.99. The summed E-state index contributed by atoms with van der Waals surface area (Å²) >= 11 is 0. The molecule has 0 aliphatic carbocycles. The van der Waals surface area contributed by atoms with E-state index in [9.17, 15) is 8.78 Å². The molecule has 0 unspecified atom stereocenters. The number of hydrogen-bond acceptors (Lipinski definition) is 2. The quantitative estimate of drug-likeness (QED) is 0.807. The lowest BCUT2D eigenvalue weighted by Gasteiger charge is -2.04. The van der Waals surface area contributed by atoms with E-state index in [-0.39, 0.29) is 24.7 Å². The molecule has 1 aromatic carbocycles. The number of hydrogen-bond donors (Lipinski definition) is 1. The Morgan fingerprint density at radius 1 is 1.38 bits per heavy atom. The summed E-state index contributed by atoms with van der Waals surface area (Å²) in [6.07, 6.45) is 0. The molecule has 0 aromatic heterocycles. The molecule has 0 atom stereocenters. The maximum Gasteiger partial charge on any atom is 0.200 e. The molecule has 0 radical (unpaired) electrons. The van der Waals surface area contributed by atoms with Gasteiger partial charge in [0.25, 0.3) is 0 Å². The Hall–Kier alpha value is -0.870. The van der Waals surface area contributed by atoms with Crippen molar-refractivity contribution in [1.29, 1.82) is 0 Å². The molecule has 0 saturated heterocycles. The molecule has 0 saturated carbocycles. The van der Waals surface area contributed by atoms with Crippen LogP contribution >= 0.6 is 12.4 Å². The molecule has 0 bridgehead atoms. The first-order valence-electron chi connectivity index (χ1n) is 3.41. The molecule has 0 spiro atoms. The third-order valence-electron chi connectivity index (χ3n) is 1.51. The van der Waals surface area contributed by atoms with Gasteiger partial charge in [0.1, 0.15) is 0 Å². The van der Waals surface area contributed by atoms with Gasteiger partial charge in [0.2, 0.25) is 5.82 Å². The van der Waals surface area contributed by atoms with Crippen LogP contribution in [0.25, 0.3) is 0 Å². The first-order valence-corrected chi connectivity index (χ1v) is 3.41. The van der Waals surface area contributed by atoms with Gasteiger partial charge in [0, 0.05) is 6.54 Å². The zero-order chi connectivity index (χ0) is 9.14. The zero-order valence-electron chi connectivity index (χ0n) is 7.01. The molecule has 0 heterocycles. The summed E-state index contributed by atoms with van der Waals surface area (Å²) in [5.74, 6) is -2.03. The molecular formula is C8H10ClF2NO. The van der Waals surface area contributed by atoms with Gasteiger partial charge in [-0.3, -0.25) is 0 Å². The molecule has 0 aliphatic rings. The van der Waals surface area contributed by atoms with Crippen molar-refractivity contribution in [2.45, 2.75) is 6.54 Å². The highest BCUT2D eigenvalue weighted by atomic mass is 35.5. The normalized spacial score (nSPS) is 9.23. The van der Waals surface area contributed by atoms with Gasteiger partial charge in [-0.05, 0) is 17.7 Å². The number of halogens is 3. The molecule has 2 nitrogen and oxygen atoms in total. The summed E-state index contributed by atoms with van der Waals surface area (Å²) in [5.41, 5.74) is 5.75. The van der Waals surface area contributed by atoms with E-state index in [1.807, 2.05) is 0 Å². The van der Waals surface area contributed by atoms with Crippen LogP contribution in [0.3, 0.4) is 0 Å². The largest absolute Gasteiger partial charge is 0.494 e. The topological polar surface area (TPSA) is 35.2 Å². The van der Waals surface area contributed by atoms with Crippen LogP contribution in [-0.2, 0) is 6.54 Å². The highest BCUT2D eigenvalue weighted by Gasteiger charge is 2.09. The van der Waals surface area contributed by atoms with Gasteiger partial charge in [-0.25, -0.2) is 4.39 Å². The van der Waals surface area contributed by atoms with E-state index >= 15 is 0 Å². The zero-order valence-corrected chi connectivity index (χ0v) is 7.83. The number of nitrogens with two attached hydrogens (primary N) is 1. The van der Waals surface area contributed by atoms with Gasteiger partial charge in [-0.1, -0.05) is 0 Å². The number of rotatable bonds is 2. The average molecular weight is 210 g/mol. The lowest BCUT2D eigenvalue weighted by atomic mass is 10.2. The Labute approximate surface area is 81.1 Å². The van der Waals surface area contributed by atoms with Gasteiger partial charge in [-0.15, -0.1) is 12.4 Å². The summed E-state index contributed by atoms with van der Waals surface area (Å²) in [7, 11) is 1.28. The standard InChI is InChI=1S/C8H9F2NO.ClH/c1-12-7-3-5(4-11)2-6(9)8(7)10;/h2-3H,4,11H2,1H3;1H. The fourth-order valence-corrected chi connectivity index (χ4v) is 0.884. The van der Waals surface area contributed by atoms with Crippen molar-refractivity contribution in [2.75, 3.05) is 7.11 Å². The fraction of sp³-hybridized carbons (Fsp3) is 0.250. The summed E-state index contributed by atoms with van der Waals surface area (Å²) in [4.78, 5) is 0. The minimum atomic E-state index is -0.977. The van der Waals surface area contributed by atoms with Crippen LogP contribution in [0.1, 0.15) is 5.56 Å². The number of methoxy groups -OCH3 is 1. The van der Waals surface area contributed by atoms with Crippen molar-refractivity contribution in [3.8, 4) is 5.75 Å². The lowest BCUT2D eigenvalue weighted by Crippen LogP contribution is -2.00. The minimum Gasteiger partial charge on any atom is -0.494 e. The van der Waals surface area contributed by atoms with Crippen LogP contribution in [-0.4, -0.2) is 7.11 Å². The van der Waals surface area contributed by atoms with Gasteiger partial charge >= 0.3 is 0 Å². The Balaban J connectivity index is 0.00000144. The SMILES string of the molecule is COc1cc(CN)cc(F)c1F.Cl. The van der Waals surface area contributed by atoms with E-state index < -0.39 is 11.6 Å². The van der Waals surface area contributed by atoms with Gasteiger partial charge in [-0.2, -0.15) is 4.39 Å². The van der Waals surface area contributed by atoms with Crippen molar-refractivity contribution in [2.24, 2.45) is 5.73 Å². The first-order chi connectivity index (χ1) is 5.69. The fourth-order valence-electron chi connectivity index (χ4n) is 0.884. The molecule has 0 aliphatic heterocycles. The number of ether oxygens (including phenoxy) is 1. The second-order valence-electron chi connectivity index (χ2n) is 2.30. The van der Waals surface area contributed by atoms with Crippen molar-refractivity contribution >= 4 is 12.4 Å². The Morgan fingerprint density at radius 3 is 2.46 bits per heavy atom. The molecule has 74 valence electrons. The van der Waals surface area contributed by atoms with Crippen LogP contribution < -0.4 is 10.5 Å². The van der Waals surface area contributed by atoms with E-state index in [4.69, 9.17) is 5.73 Å². The number of benzene rings is 1. The van der Waals surface area contributed by atoms with Crippen LogP contribution in [0.15, 0.2) is 12.1 Å². The molecule has 1 aromatic rings. The van der Waals surface area contributed by atoms with E-state index in [2.05, 4.69) is 4.74 Å². The maximum atomic E-state index is 12.8. The van der Waals surface area contributed by atoms with Crippen LogP contribution in [0.2, 0.25) is 0 Å². The van der Waals surface area contributed by atoms with Gasteiger partial charge in [0.15, 0.2) is 11.6 Å². The molecule has 1 rings (SSSR count). The predicted molar refractivity (Wildman–Crippen MR) is 48.0 cm³/mol. The Morgan fingerprint density at radius 2 is 2.00 bits per heavy atom. The highest BCUT2D eigenvalue weighted by Crippen LogP contribution is 2.21. The maximum absolute atomic E-state index is 12.8. The van der Waals surface area contributed by atoms with E-state index in [1.54, 1.807) is 0 Å². The minimum absolute atomic E-state index is 0.